The normalized spacial score (nSPS) is 14.2. The predicted octanol–water partition coefficient (Wildman–Crippen LogP) is 7.87. The van der Waals surface area contributed by atoms with Crippen LogP contribution in [0.3, 0.4) is 0 Å². The van der Waals surface area contributed by atoms with Crippen molar-refractivity contribution in [1.82, 2.24) is 14.9 Å². The van der Waals surface area contributed by atoms with Gasteiger partial charge in [-0.05, 0) is 66.3 Å². The fourth-order valence-corrected chi connectivity index (χ4v) is 5.71. The molecular weight excluding hydrogens is 577 g/mol. The average molecular weight is 605 g/mol. The molecule has 1 amide bonds. The number of fused-ring (bicyclic) bond motifs is 1. The van der Waals surface area contributed by atoms with E-state index < -0.39 is 6.36 Å². The van der Waals surface area contributed by atoms with Crippen LogP contribution in [0.25, 0.3) is 16.8 Å². The molecule has 6 nitrogen and oxygen atoms in total. The molecule has 2 aromatic heterocycles. The Morgan fingerprint density at radius 2 is 1.65 bits per heavy atom. The van der Waals surface area contributed by atoms with Gasteiger partial charge in [-0.15, -0.1) is 13.2 Å². The topological polar surface area (TPSA) is 58.9 Å². The third-order valence-corrected chi connectivity index (χ3v) is 7.94. The highest BCUT2D eigenvalue weighted by atomic mass is 35.5. The van der Waals surface area contributed by atoms with Gasteiger partial charge in [0, 0.05) is 42.1 Å². The number of amides is 1. The van der Waals surface area contributed by atoms with E-state index in [0.717, 1.165) is 48.3 Å². The number of piperidine rings is 1. The van der Waals surface area contributed by atoms with Crippen LogP contribution in [0.4, 0.5) is 18.9 Å². The number of hydrogen-bond donors (Lipinski definition) is 1. The number of nitrogens with zero attached hydrogens (tertiary/aromatic N) is 3. The summed E-state index contributed by atoms with van der Waals surface area (Å²) in [6, 6.07) is 27.4. The number of alkyl halides is 3. The molecule has 0 saturated carbocycles. The molecule has 1 saturated heterocycles. The number of halogens is 4. The maximum Gasteiger partial charge on any atom is 0.573 e. The first-order chi connectivity index (χ1) is 20.7. The second kappa shape index (κ2) is 12.0. The van der Waals surface area contributed by atoms with Crippen LogP contribution in [0.5, 0.6) is 5.75 Å². The number of aromatic nitrogens is 2. The minimum atomic E-state index is -4.69. The van der Waals surface area contributed by atoms with Gasteiger partial charge in [-0.25, -0.2) is 4.52 Å². The number of ether oxygens (including phenoxy) is 1. The molecule has 5 aromatic rings. The fraction of sp³-hybridized carbons (Fsp3) is 0.212. The molecule has 0 atom stereocenters. The van der Waals surface area contributed by atoms with Gasteiger partial charge in [-0.1, -0.05) is 66.2 Å². The molecule has 1 aliphatic rings. The van der Waals surface area contributed by atoms with Gasteiger partial charge in [0.15, 0.2) is 0 Å². The number of anilines is 1. The molecule has 1 aliphatic heterocycles. The zero-order valence-corrected chi connectivity index (χ0v) is 23.8. The van der Waals surface area contributed by atoms with Crippen molar-refractivity contribution in [3.05, 3.63) is 119 Å². The monoisotopic (exact) mass is 604 g/mol. The van der Waals surface area contributed by atoms with E-state index >= 15 is 0 Å². The van der Waals surface area contributed by atoms with E-state index in [4.69, 9.17) is 11.6 Å². The van der Waals surface area contributed by atoms with Crippen molar-refractivity contribution in [2.24, 2.45) is 0 Å². The predicted molar refractivity (Wildman–Crippen MR) is 161 cm³/mol. The summed E-state index contributed by atoms with van der Waals surface area (Å²) in [6.45, 7) is 2.02. The molecular formula is C33H28ClF3N4O2. The summed E-state index contributed by atoms with van der Waals surface area (Å²) in [4.78, 5) is 15.8. The fourth-order valence-electron chi connectivity index (χ4n) is 5.55. The van der Waals surface area contributed by atoms with Gasteiger partial charge in [0.05, 0.1) is 11.1 Å². The zero-order chi connectivity index (χ0) is 30.0. The number of carbonyl (C=O) groups excluding carboxylic acids is 1. The Bertz CT molecular complexity index is 1710. The van der Waals surface area contributed by atoms with Crippen molar-refractivity contribution in [1.29, 1.82) is 0 Å². The van der Waals surface area contributed by atoms with Crippen molar-refractivity contribution >= 4 is 28.7 Å². The maximum atomic E-state index is 13.5. The molecule has 0 radical (unpaired) electrons. The number of pyridine rings is 1. The van der Waals surface area contributed by atoms with Crippen molar-refractivity contribution in [2.45, 2.75) is 31.7 Å². The molecule has 0 unspecified atom stereocenters. The summed E-state index contributed by atoms with van der Waals surface area (Å²) in [7, 11) is 0. The first-order valence-corrected chi connectivity index (χ1v) is 14.3. The standard InChI is InChI=1S/C33H28ClF3N4O2/c34-26-16-19-41-29(20-26)30(31(39-41)25-4-2-1-3-5-25)32(42)38-21-22-6-10-27(11-7-22)40-17-14-24(15-18-40)23-8-12-28(13-9-23)43-33(35,36)37/h1-13,16,19-20,24H,14-15,17-18,21H2,(H,38,42). The summed E-state index contributed by atoms with van der Waals surface area (Å²) in [5.41, 5.74) is 5.60. The van der Waals surface area contributed by atoms with Crippen molar-refractivity contribution in [3.8, 4) is 17.0 Å². The van der Waals surface area contributed by atoms with Gasteiger partial charge in [-0.2, -0.15) is 5.10 Å². The molecule has 6 rings (SSSR count). The maximum absolute atomic E-state index is 13.5. The number of benzene rings is 3. The largest absolute Gasteiger partial charge is 0.573 e. The Morgan fingerprint density at radius 3 is 2.33 bits per heavy atom. The summed E-state index contributed by atoms with van der Waals surface area (Å²) < 4.78 is 43.0. The molecule has 1 N–H and O–H groups in total. The summed E-state index contributed by atoms with van der Waals surface area (Å²) in [5.74, 6) is -0.161. The third-order valence-electron chi connectivity index (χ3n) is 7.71. The highest BCUT2D eigenvalue weighted by Gasteiger charge is 2.31. The van der Waals surface area contributed by atoms with Crippen LogP contribution in [0.2, 0.25) is 5.02 Å². The molecule has 3 aromatic carbocycles. The molecule has 0 bridgehead atoms. The minimum Gasteiger partial charge on any atom is -0.406 e. The van der Waals surface area contributed by atoms with E-state index in [1.165, 1.54) is 12.1 Å². The molecule has 1 fully saturated rings. The van der Waals surface area contributed by atoms with E-state index in [1.807, 2.05) is 42.5 Å². The second-order valence-corrected chi connectivity index (χ2v) is 10.9. The van der Waals surface area contributed by atoms with Crippen molar-refractivity contribution in [2.75, 3.05) is 18.0 Å². The first kappa shape index (κ1) is 28.6. The van der Waals surface area contributed by atoms with E-state index in [9.17, 15) is 18.0 Å². The van der Waals surface area contributed by atoms with Gasteiger partial charge >= 0.3 is 6.36 Å². The summed E-state index contributed by atoms with van der Waals surface area (Å²) in [6.07, 6.45) is -1.16. The molecule has 0 spiro atoms. The van der Waals surface area contributed by atoms with E-state index in [1.54, 1.807) is 35.0 Å². The quantitative estimate of drug-likeness (QED) is 0.205. The smallest absolute Gasteiger partial charge is 0.406 e. The average Bonchev–Trinajstić information content (AvgIpc) is 3.39. The van der Waals surface area contributed by atoms with Crippen LogP contribution < -0.4 is 15.0 Å². The Labute approximate surface area is 251 Å². The van der Waals surface area contributed by atoms with Crippen molar-refractivity contribution in [3.63, 3.8) is 0 Å². The molecule has 220 valence electrons. The molecule has 0 aliphatic carbocycles. The van der Waals surface area contributed by atoms with Crippen LogP contribution in [-0.4, -0.2) is 35.0 Å². The van der Waals surface area contributed by atoms with Crippen LogP contribution >= 0.6 is 11.6 Å². The first-order valence-electron chi connectivity index (χ1n) is 13.9. The van der Waals surface area contributed by atoms with Gasteiger partial charge in [-0.3, -0.25) is 4.79 Å². The molecule has 43 heavy (non-hydrogen) atoms. The van der Waals surface area contributed by atoms with Gasteiger partial charge in [0.2, 0.25) is 0 Å². The van der Waals surface area contributed by atoms with Crippen LogP contribution in [0, 0.1) is 0 Å². The lowest BCUT2D eigenvalue weighted by Crippen LogP contribution is -2.32. The van der Waals surface area contributed by atoms with Crippen LogP contribution in [0.1, 0.15) is 40.2 Å². The minimum absolute atomic E-state index is 0.204. The van der Waals surface area contributed by atoms with Crippen LogP contribution in [-0.2, 0) is 6.54 Å². The van der Waals surface area contributed by atoms with Gasteiger partial charge < -0.3 is 15.0 Å². The van der Waals surface area contributed by atoms with Gasteiger partial charge in [0.25, 0.3) is 5.91 Å². The summed E-state index contributed by atoms with van der Waals surface area (Å²) in [5, 5.41) is 8.21. The number of carbonyl (C=O) groups is 1. The summed E-state index contributed by atoms with van der Waals surface area (Å²) >= 11 is 6.25. The number of nitrogens with one attached hydrogen (secondary N) is 1. The molecule has 3 heterocycles. The second-order valence-electron chi connectivity index (χ2n) is 10.5. The van der Waals surface area contributed by atoms with Gasteiger partial charge in [0.1, 0.15) is 11.4 Å². The van der Waals surface area contributed by atoms with E-state index in [0.29, 0.717) is 28.3 Å². The lowest BCUT2D eigenvalue weighted by atomic mass is 9.89. The Morgan fingerprint density at radius 1 is 0.953 bits per heavy atom. The van der Waals surface area contributed by atoms with E-state index in [2.05, 4.69) is 32.2 Å². The highest BCUT2D eigenvalue weighted by molar-refractivity contribution is 6.31. The SMILES string of the molecule is O=C(NCc1ccc(N2CCC(c3ccc(OC(F)(F)F)cc3)CC2)cc1)c1c(-c2ccccc2)nn2ccc(Cl)cc12. The Kier molecular flexibility index (Phi) is 7.99. The molecule has 10 heteroatoms. The van der Waals surface area contributed by atoms with E-state index in [-0.39, 0.29) is 17.6 Å². The lowest BCUT2D eigenvalue weighted by molar-refractivity contribution is -0.274. The Balaban J connectivity index is 1.08. The highest BCUT2D eigenvalue weighted by Crippen LogP contribution is 2.33. The third kappa shape index (κ3) is 6.62. The van der Waals surface area contributed by atoms with Crippen LogP contribution in [0.15, 0.2) is 97.2 Å². The van der Waals surface area contributed by atoms with Crippen molar-refractivity contribution < 1.29 is 22.7 Å². The zero-order valence-electron chi connectivity index (χ0n) is 23.0. The Hall–Kier alpha value is -4.50. The number of hydrogen-bond acceptors (Lipinski definition) is 4. The lowest BCUT2D eigenvalue weighted by Gasteiger charge is -2.34. The number of rotatable bonds is 7.